The average molecular weight is 261 g/mol. The smallest absolute Gasteiger partial charge is 0.240 e. The third-order valence-corrected chi connectivity index (χ3v) is 2.83. The molecule has 0 bridgehead atoms. The molecule has 102 valence electrons. The van der Waals surface area contributed by atoms with Crippen molar-refractivity contribution in [2.45, 2.75) is 26.0 Å². The Hall–Kier alpha value is -1.72. The minimum atomic E-state index is 0.173. The number of rotatable bonds is 7. The maximum atomic E-state index is 5.19. The van der Waals surface area contributed by atoms with Gasteiger partial charge in [0, 0.05) is 20.1 Å². The van der Waals surface area contributed by atoms with Gasteiger partial charge >= 0.3 is 0 Å². The van der Waals surface area contributed by atoms with E-state index in [-0.39, 0.29) is 6.10 Å². The Labute approximate surface area is 113 Å². The van der Waals surface area contributed by atoms with Crippen molar-refractivity contribution in [2.24, 2.45) is 0 Å². The SMILES string of the molecule is COC(C)CNCc1nc(Cc2ccccc2)no1. The summed E-state index contributed by atoms with van der Waals surface area (Å²) in [5, 5.41) is 7.18. The molecule has 0 spiro atoms. The summed E-state index contributed by atoms with van der Waals surface area (Å²) in [6.45, 7) is 3.32. The zero-order valence-corrected chi connectivity index (χ0v) is 11.3. The first-order valence-corrected chi connectivity index (χ1v) is 6.37. The van der Waals surface area contributed by atoms with Gasteiger partial charge in [-0.15, -0.1) is 0 Å². The van der Waals surface area contributed by atoms with Gasteiger partial charge in [0.25, 0.3) is 0 Å². The summed E-state index contributed by atoms with van der Waals surface area (Å²) in [5.41, 5.74) is 1.18. The van der Waals surface area contributed by atoms with E-state index in [2.05, 4.69) is 27.6 Å². The van der Waals surface area contributed by atoms with Crippen LogP contribution in [0.5, 0.6) is 0 Å². The Bertz CT molecular complexity index is 484. The van der Waals surface area contributed by atoms with Crippen LogP contribution in [0, 0.1) is 0 Å². The fourth-order valence-electron chi connectivity index (χ4n) is 1.68. The quantitative estimate of drug-likeness (QED) is 0.823. The highest BCUT2D eigenvalue weighted by Gasteiger charge is 2.07. The topological polar surface area (TPSA) is 60.2 Å². The first-order chi connectivity index (χ1) is 9.28. The molecule has 5 nitrogen and oxygen atoms in total. The summed E-state index contributed by atoms with van der Waals surface area (Å²) in [4.78, 5) is 4.35. The maximum Gasteiger partial charge on any atom is 0.240 e. The van der Waals surface area contributed by atoms with Gasteiger partial charge in [-0.1, -0.05) is 35.5 Å². The van der Waals surface area contributed by atoms with Crippen LogP contribution in [0.1, 0.15) is 24.2 Å². The molecule has 1 aromatic heterocycles. The molecule has 19 heavy (non-hydrogen) atoms. The fraction of sp³-hybridized carbons (Fsp3) is 0.429. The van der Waals surface area contributed by atoms with E-state index in [1.54, 1.807) is 7.11 Å². The normalized spacial score (nSPS) is 12.5. The van der Waals surface area contributed by atoms with Crippen LogP contribution in [-0.4, -0.2) is 29.9 Å². The molecule has 0 radical (unpaired) electrons. The summed E-state index contributed by atoms with van der Waals surface area (Å²) in [5.74, 6) is 1.32. The van der Waals surface area contributed by atoms with Crippen LogP contribution < -0.4 is 5.32 Å². The van der Waals surface area contributed by atoms with Crippen LogP contribution in [0.3, 0.4) is 0 Å². The van der Waals surface area contributed by atoms with Gasteiger partial charge in [0.05, 0.1) is 12.6 Å². The Morgan fingerprint density at radius 3 is 2.84 bits per heavy atom. The van der Waals surface area contributed by atoms with Crippen molar-refractivity contribution in [2.75, 3.05) is 13.7 Å². The zero-order valence-electron chi connectivity index (χ0n) is 11.3. The third kappa shape index (κ3) is 4.46. The first-order valence-electron chi connectivity index (χ1n) is 6.37. The van der Waals surface area contributed by atoms with Crippen LogP contribution >= 0.6 is 0 Å². The summed E-state index contributed by atoms with van der Waals surface area (Å²) < 4.78 is 10.3. The van der Waals surface area contributed by atoms with Crippen molar-refractivity contribution < 1.29 is 9.26 Å². The molecule has 1 unspecified atom stereocenters. The lowest BCUT2D eigenvalue weighted by Gasteiger charge is -2.08. The molecule has 0 saturated carbocycles. The lowest BCUT2D eigenvalue weighted by molar-refractivity contribution is 0.116. The fourth-order valence-corrected chi connectivity index (χ4v) is 1.68. The van der Waals surface area contributed by atoms with Gasteiger partial charge in [0.1, 0.15) is 0 Å². The third-order valence-electron chi connectivity index (χ3n) is 2.83. The van der Waals surface area contributed by atoms with E-state index >= 15 is 0 Å². The molecule has 0 amide bonds. The molecule has 2 rings (SSSR count). The molecule has 5 heteroatoms. The van der Waals surface area contributed by atoms with Crippen LogP contribution in [0.15, 0.2) is 34.9 Å². The number of hydrogen-bond acceptors (Lipinski definition) is 5. The molecule has 1 aromatic carbocycles. The van der Waals surface area contributed by atoms with Crippen LogP contribution in [-0.2, 0) is 17.7 Å². The summed E-state index contributed by atoms with van der Waals surface area (Å²) in [6, 6.07) is 10.1. The summed E-state index contributed by atoms with van der Waals surface area (Å²) >= 11 is 0. The van der Waals surface area contributed by atoms with E-state index in [0.717, 1.165) is 6.54 Å². The van der Waals surface area contributed by atoms with Gasteiger partial charge in [-0.25, -0.2) is 0 Å². The second-order valence-electron chi connectivity index (χ2n) is 4.44. The van der Waals surface area contributed by atoms with E-state index in [0.29, 0.717) is 24.7 Å². The molecule has 0 aliphatic heterocycles. The molecule has 0 saturated heterocycles. The van der Waals surface area contributed by atoms with Gasteiger partial charge in [-0.2, -0.15) is 4.98 Å². The van der Waals surface area contributed by atoms with Crippen LogP contribution in [0.25, 0.3) is 0 Å². The first kappa shape index (κ1) is 13.7. The van der Waals surface area contributed by atoms with Crippen molar-refractivity contribution in [3.05, 3.63) is 47.6 Å². The van der Waals surface area contributed by atoms with E-state index in [1.807, 2.05) is 25.1 Å². The molecular weight excluding hydrogens is 242 g/mol. The largest absolute Gasteiger partial charge is 0.380 e. The highest BCUT2D eigenvalue weighted by atomic mass is 16.5. The number of aromatic nitrogens is 2. The van der Waals surface area contributed by atoms with Crippen LogP contribution in [0.2, 0.25) is 0 Å². The van der Waals surface area contributed by atoms with Crippen molar-refractivity contribution in [1.29, 1.82) is 0 Å². The monoisotopic (exact) mass is 261 g/mol. The van der Waals surface area contributed by atoms with E-state index in [4.69, 9.17) is 9.26 Å². The van der Waals surface area contributed by atoms with Crippen molar-refractivity contribution in [3.8, 4) is 0 Å². The number of ether oxygens (including phenoxy) is 1. The van der Waals surface area contributed by atoms with Gasteiger partial charge in [-0.05, 0) is 12.5 Å². The minimum Gasteiger partial charge on any atom is -0.380 e. The Balaban J connectivity index is 1.82. The van der Waals surface area contributed by atoms with E-state index in [1.165, 1.54) is 5.56 Å². The second-order valence-corrected chi connectivity index (χ2v) is 4.44. The standard InChI is InChI=1S/C14H19N3O2/c1-11(18-2)9-15-10-14-16-13(17-19-14)8-12-6-4-3-5-7-12/h3-7,11,15H,8-10H2,1-2H3. The number of benzene rings is 1. The Morgan fingerprint density at radius 1 is 1.32 bits per heavy atom. The molecule has 1 atom stereocenters. The van der Waals surface area contributed by atoms with E-state index in [9.17, 15) is 0 Å². The second kappa shape index (κ2) is 7.01. The van der Waals surface area contributed by atoms with Gasteiger partial charge < -0.3 is 14.6 Å². The number of nitrogens with zero attached hydrogens (tertiary/aromatic N) is 2. The van der Waals surface area contributed by atoms with Gasteiger partial charge in [-0.3, -0.25) is 0 Å². The molecule has 0 aliphatic rings. The number of methoxy groups -OCH3 is 1. The van der Waals surface area contributed by atoms with Crippen molar-refractivity contribution in [1.82, 2.24) is 15.5 Å². The molecule has 1 heterocycles. The zero-order chi connectivity index (χ0) is 13.5. The van der Waals surface area contributed by atoms with Gasteiger partial charge in [0.15, 0.2) is 5.82 Å². The van der Waals surface area contributed by atoms with Crippen molar-refractivity contribution in [3.63, 3.8) is 0 Å². The highest BCUT2D eigenvalue weighted by molar-refractivity contribution is 5.18. The van der Waals surface area contributed by atoms with Crippen molar-refractivity contribution >= 4 is 0 Å². The highest BCUT2D eigenvalue weighted by Crippen LogP contribution is 2.06. The predicted octanol–water partition coefficient (Wildman–Crippen LogP) is 1.78. The molecule has 0 aliphatic carbocycles. The minimum absolute atomic E-state index is 0.173. The molecule has 1 N–H and O–H groups in total. The summed E-state index contributed by atoms with van der Waals surface area (Å²) in [6.07, 6.45) is 0.866. The molecule has 0 fully saturated rings. The lowest BCUT2D eigenvalue weighted by Crippen LogP contribution is -2.25. The number of hydrogen-bond donors (Lipinski definition) is 1. The van der Waals surface area contributed by atoms with Gasteiger partial charge in [0.2, 0.25) is 5.89 Å². The molecular formula is C14H19N3O2. The lowest BCUT2D eigenvalue weighted by atomic mass is 10.1. The molecule has 2 aromatic rings. The van der Waals surface area contributed by atoms with E-state index < -0.39 is 0 Å². The Morgan fingerprint density at radius 2 is 2.11 bits per heavy atom. The summed E-state index contributed by atoms with van der Waals surface area (Å²) in [7, 11) is 1.69. The van der Waals surface area contributed by atoms with Crippen LogP contribution in [0.4, 0.5) is 0 Å². The number of nitrogens with one attached hydrogen (secondary N) is 1. The maximum absolute atomic E-state index is 5.19. The Kier molecular flexibility index (Phi) is 5.06. The predicted molar refractivity (Wildman–Crippen MR) is 71.7 cm³/mol. The average Bonchev–Trinajstić information content (AvgIpc) is 2.87.